The molecule has 0 aliphatic carbocycles. The van der Waals surface area contributed by atoms with Gasteiger partial charge in [0.25, 0.3) is 5.91 Å². The third-order valence-corrected chi connectivity index (χ3v) is 6.63. The van der Waals surface area contributed by atoms with Gasteiger partial charge in [-0.3, -0.25) is 4.79 Å². The Hall–Kier alpha value is -2.12. The highest BCUT2D eigenvalue weighted by atomic mass is 32.2. The van der Waals surface area contributed by atoms with Gasteiger partial charge in [0.15, 0.2) is 0 Å². The Morgan fingerprint density at radius 3 is 2.52 bits per heavy atom. The van der Waals surface area contributed by atoms with Gasteiger partial charge in [-0.05, 0) is 49.9 Å². The van der Waals surface area contributed by atoms with E-state index in [1.54, 1.807) is 11.6 Å². The quantitative estimate of drug-likeness (QED) is 0.910. The first-order valence-electron chi connectivity index (χ1n) is 8.35. The Balaban J connectivity index is 1.87. The van der Waals surface area contributed by atoms with Crippen LogP contribution in [-0.4, -0.2) is 36.3 Å². The molecule has 1 amide bonds. The number of nitrogens with one attached hydrogen (secondary N) is 1. The largest absolute Gasteiger partial charge is 0.345 e. The Morgan fingerprint density at radius 1 is 1.16 bits per heavy atom. The van der Waals surface area contributed by atoms with Gasteiger partial charge in [-0.2, -0.15) is 4.31 Å². The van der Waals surface area contributed by atoms with Crippen molar-refractivity contribution in [2.75, 3.05) is 18.4 Å². The van der Waals surface area contributed by atoms with Crippen LogP contribution in [0, 0.1) is 13.8 Å². The summed E-state index contributed by atoms with van der Waals surface area (Å²) in [5, 5.41) is 2.87. The lowest BCUT2D eigenvalue weighted by atomic mass is 10.1. The number of carbonyl (C=O) groups is 1. The molecule has 2 aromatic rings. The van der Waals surface area contributed by atoms with Gasteiger partial charge in [0, 0.05) is 32.0 Å². The standard InChI is InChI=1S/C18H23N3O3S/c1-13-7-6-8-16(14(13)2)19-18(22)17-11-15(12-20(17)3)25(23,24)21-9-4-5-10-21/h6-8,11-12H,4-5,9-10H2,1-3H3,(H,19,22). The van der Waals surface area contributed by atoms with Crippen LogP contribution < -0.4 is 5.32 Å². The first kappa shape index (κ1) is 17.7. The van der Waals surface area contributed by atoms with Crippen molar-refractivity contribution in [2.24, 2.45) is 7.05 Å². The Kier molecular flexibility index (Phi) is 4.71. The molecule has 2 heterocycles. The summed E-state index contributed by atoms with van der Waals surface area (Å²) in [6, 6.07) is 7.15. The molecular formula is C18H23N3O3S. The smallest absolute Gasteiger partial charge is 0.272 e. The fraction of sp³-hybridized carbons (Fsp3) is 0.389. The van der Waals surface area contributed by atoms with E-state index in [0.717, 1.165) is 29.7 Å². The van der Waals surface area contributed by atoms with Gasteiger partial charge in [0.2, 0.25) is 10.0 Å². The van der Waals surface area contributed by atoms with Gasteiger partial charge in [0.1, 0.15) is 10.6 Å². The minimum atomic E-state index is -3.53. The molecule has 0 unspecified atom stereocenters. The van der Waals surface area contributed by atoms with Crippen LogP contribution >= 0.6 is 0 Å². The number of rotatable bonds is 4. The van der Waals surface area contributed by atoms with Crippen molar-refractivity contribution >= 4 is 21.6 Å². The zero-order valence-electron chi connectivity index (χ0n) is 14.7. The Morgan fingerprint density at radius 2 is 1.84 bits per heavy atom. The fourth-order valence-electron chi connectivity index (χ4n) is 3.05. The molecule has 25 heavy (non-hydrogen) atoms. The molecule has 1 aliphatic rings. The summed E-state index contributed by atoms with van der Waals surface area (Å²) in [6.07, 6.45) is 3.27. The molecule has 3 rings (SSSR count). The zero-order chi connectivity index (χ0) is 18.2. The number of sulfonamides is 1. The predicted octanol–water partition coefficient (Wildman–Crippen LogP) is 2.68. The van der Waals surface area contributed by atoms with Crippen LogP contribution in [0.1, 0.15) is 34.5 Å². The van der Waals surface area contributed by atoms with Crippen molar-refractivity contribution in [3.05, 3.63) is 47.3 Å². The molecule has 1 fully saturated rings. The lowest BCUT2D eigenvalue weighted by Crippen LogP contribution is -2.27. The van der Waals surface area contributed by atoms with E-state index < -0.39 is 10.0 Å². The van der Waals surface area contributed by atoms with E-state index in [9.17, 15) is 13.2 Å². The number of nitrogens with zero attached hydrogens (tertiary/aromatic N) is 2. The topological polar surface area (TPSA) is 71.4 Å². The average molecular weight is 361 g/mol. The van der Waals surface area contributed by atoms with Crippen LogP contribution in [0.4, 0.5) is 5.69 Å². The normalized spacial score (nSPS) is 15.5. The molecule has 1 aromatic heterocycles. The van der Waals surface area contributed by atoms with Gasteiger partial charge in [-0.15, -0.1) is 0 Å². The second kappa shape index (κ2) is 6.65. The monoisotopic (exact) mass is 361 g/mol. The van der Waals surface area contributed by atoms with Crippen LogP contribution in [0.3, 0.4) is 0 Å². The molecule has 0 atom stereocenters. The van der Waals surface area contributed by atoms with E-state index in [1.807, 2.05) is 32.0 Å². The van der Waals surface area contributed by atoms with Crippen molar-refractivity contribution in [1.82, 2.24) is 8.87 Å². The number of anilines is 1. The summed E-state index contributed by atoms with van der Waals surface area (Å²) in [5.41, 5.74) is 3.13. The number of carbonyl (C=O) groups excluding carboxylic acids is 1. The van der Waals surface area contributed by atoms with Crippen molar-refractivity contribution in [2.45, 2.75) is 31.6 Å². The molecule has 1 aromatic carbocycles. The average Bonchev–Trinajstić information content (AvgIpc) is 3.21. The minimum Gasteiger partial charge on any atom is -0.345 e. The van der Waals surface area contributed by atoms with Gasteiger partial charge < -0.3 is 9.88 Å². The van der Waals surface area contributed by atoms with E-state index in [4.69, 9.17) is 0 Å². The molecule has 0 bridgehead atoms. The maximum atomic E-state index is 12.7. The van der Waals surface area contributed by atoms with Gasteiger partial charge in [-0.25, -0.2) is 8.42 Å². The number of hydrogen-bond acceptors (Lipinski definition) is 3. The number of aryl methyl sites for hydroxylation is 2. The lowest BCUT2D eigenvalue weighted by molar-refractivity contribution is 0.101. The summed E-state index contributed by atoms with van der Waals surface area (Å²) >= 11 is 0. The summed E-state index contributed by atoms with van der Waals surface area (Å²) in [7, 11) is -1.85. The highest BCUT2D eigenvalue weighted by Gasteiger charge is 2.29. The third kappa shape index (κ3) is 3.34. The molecule has 7 heteroatoms. The first-order chi connectivity index (χ1) is 11.8. The highest BCUT2D eigenvalue weighted by Crippen LogP contribution is 2.24. The fourth-order valence-corrected chi connectivity index (χ4v) is 4.64. The minimum absolute atomic E-state index is 0.169. The van der Waals surface area contributed by atoms with Crippen molar-refractivity contribution < 1.29 is 13.2 Å². The summed E-state index contributed by atoms with van der Waals surface area (Å²) in [4.78, 5) is 12.8. The third-order valence-electron chi connectivity index (χ3n) is 4.77. The van der Waals surface area contributed by atoms with Crippen LogP contribution in [-0.2, 0) is 17.1 Å². The number of aromatic nitrogens is 1. The van der Waals surface area contributed by atoms with Gasteiger partial charge in [0.05, 0.1) is 0 Å². The SMILES string of the molecule is Cc1cccc(NC(=O)c2cc(S(=O)(=O)N3CCCC3)cn2C)c1C. The summed E-state index contributed by atoms with van der Waals surface area (Å²) in [6.45, 7) is 5.01. The molecule has 1 N–H and O–H groups in total. The molecular weight excluding hydrogens is 338 g/mol. The Bertz CT molecular complexity index is 910. The predicted molar refractivity (Wildman–Crippen MR) is 97.3 cm³/mol. The first-order valence-corrected chi connectivity index (χ1v) is 9.79. The molecule has 134 valence electrons. The van der Waals surface area contributed by atoms with E-state index in [2.05, 4.69) is 5.32 Å². The van der Waals surface area contributed by atoms with Crippen LogP contribution in [0.25, 0.3) is 0 Å². The molecule has 1 saturated heterocycles. The molecule has 1 aliphatic heterocycles. The van der Waals surface area contributed by atoms with E-state index in [-0.39, 0.29) is 10.8 Å². The van der Waals surface area contributed by atoms with Crippen molar-refractivity contribution in [1.29, 1.82) is 0 Å². The van der Waals surface area contributed by atoms with E-state index in [0.29, 0.717) is 18.8 Å². The molecule has 0 radical (unpaired) electrons. The van der Waals surface area contributed by atoms with Gasteiger partial charge >= 0.3 is 0 Å². The Labute approximate surface area is 148 Å². The lowest BCUT2D eigenvalue weighted by Gasteiger charge is -2.13. The summed E-state index contributed by atoms with van der Waals surface area (Å²) < 4.78 is 28.4. The van der Waals surface area contributed by atoms with Gasteiger partial charge in [-0.1, -0.05) is 12.1 Å². The van der Waals surface area contributed by atoms with E-state index in [1.165, 1.54) is 16.6 Å². The highest BCUT2D eigenvalue weighted by molar-refractivity contribution is 7.89. The molecule has 6 nitrogen and oxygen atoms in total. The maximum absolute atomic E-state index is 12.7. The second-order valence-electron chi connectivity index (χ2n) is 6.48. The van der Waals surface area contributed by atoms with Crippen LogP contribution in [0.2, 0.25) is 0 Å². The van der Waals surface area contributed by atoms with Crippen molar-refractivity contribution in [3.63, 3.8) is 0 Å². The number of hydrogen-bond donors (Lipinski definition) is 1. The second-order valence-corrected chi connectivity index (χ2v) is 8.42. The number of amides is 1. The molecule has 0 spiro atoms. The zero-order valence-corrected chi connectivity index (χ0v) is 15.6. The van der Waals surface area contributed by atoms with Crippen LogP contribution in [0.15, 0.2) is 35.4 Å². The number of benzene rings is 1. The summed E-state index contributed by atoms with van der Waals surface area (Å²) in [5.74, 6) is -0.320. The maximum Gasteiger partial charge on any atom is 0.272 e. The molecule has 0 saturated carbocycles. The van der Waals surface area contributed by atoms with Crippen LogP contribution in [0.5, 0.6) is 0 Å². The van der Waals surface area contributed by atoms with Crippen molar-refractivity contribution in [3.8, 4) is 0 Å². The van der Waals surface area contributed by atoms with E-state index >= 15 is 0 Å².